The van der Waals surface area contributed by atoms with Crippen LogP contribution in [-0.4, -0.2) is 28.5 Å². The van der Waals surface area contributed by atoms with Crippen LogP contribution >= 0.6 is 39.0 Å². The molecule has 0 radical (unpaired) electrons. The van der Waals surface area contributed by atoms with E-state index in [2.05, 4.69) is 36.9 Å². The number of hydrogen-bond acceptors (Lipinski definition) is 6. The van der Waals surface area contributed by atoms with Crippen LogP contribution in [0, 0.1) is 0 Å². The smallest absolute Gasteiger partial charge is 0.272 e. The number of thioether (sulfide) groups is 1. The molecule has 5 rings (SSSR count). The van der Waals surface area contributed by atoms with Crippen LogP contribution in [-0.2, 0) is 9.59 Å². The predicted octanol–water partition coefficient (Wildman–Crippen LogP) is 7.20. The van der Waals surface area contributed by atoms with Gasteiger partial charge in [0, 0.05) is 20.6 Å². The van der Waals surface area contributed by atoms with E-state index in [1.165, 1.54) is 23.1 Å². The van der Waals surface area contributed by atoms with Gasteiger partial charge in [-0.25, -0.2) is 4.98 Å². The highest BCUT2D eigenvalue weighted by atomic mass is 79.9. The Balaban J connectivity index is 1.25. The van der Waals surface area contributed by atoms with Crippen LogP contribution in [0.15, 0.2) is 118 Å². The third-order valence-electron chi connectivity index (χ3n) is 5.69. The van der Waals surface area contributed by atoms with Gasteiger partial charge in [-0.05, 0) is 66.2 Å². The normalized spacial score (nSPS) is 11.2. The minimum atomic E-state index is -0.481. The van der Waals surface area contributed by atoms with Crippen molar-refractivity contribution in [3.63, 3.8) is 0 Å². The number of aromatic nitrogens is 1. The monoisotopic (exact) mass is 642 g/mol. The van der Waals surface area contributed by atoms with E-state index in [1.54, 1.807) is 48.5 Å². The van der Waals surface area contributed by atoms with E-state index >= 15 is 0 Å². The molecule has 0 spiro atoms. The lowest BCUT2D eigenvalue weighted by Crippen LogP contribution is -2.30. The van der Waals surface area contributed by atoms with Crippen molar-refractivity contribution in [3.05, 3.63) is 124 Å². The van der Waals surface area contributed by atoms with Crippen LogP contribution in [0.1, 0.15) is 15.9 Å². The van der Waals surface area contributed by atoms with Crippen molar-refractivity contribution in [1.82, 2.24) is 10.3 Å². The molecule has 10 heteroatoms. The summed E-state index contributed by atoms with van der Waals surface area (Å²) in [5.74, 6) is -0.879. The minimum absolute atomic E-state index is 0.0882. The summed E-state index contributed by atoms with van der Waals surface area (Å²) in [6.07, 6.45) is 1.62. The Morgan fingerprint density at radius 2 is 1.63 bits per heavy atom. The number of carbonyl (C=O) groups excluding carboxylic acids is 3. The first kappa shape index (κ1) is 28.3. The molecule has 204 valence electrons. The van der Waals surface area contributed by atoms with Crippen LogP contribution in [0.25, 0.3) is 16.3 Å². The Kier molecular flexibility index (Phi) is 9.25. The molecule has 0 saturated heterocycles. The largest absolute Gasteiger partial charge is 0.321 e. The summed E-state index contributed by atoms with van der Waals surface area (Å²) in [7, 11) is 0. The van der Waals surface area contributed by atoms with E-state index in [1.807, 2.05) is 60.7 Å². The van der Waals surface area contributed by atoms with Crippen molar-refractivity contribution in [3.8, 4) is 0 Å². The fourth-order valence-electron chi connectivity index (χ4n) is 3.80. The SMILES string of the molecule is O=C(CSc1cccc(NC(=O)/C(=C\c2cccc(Br)c2)NC(=O)c2ccccc2)c1)Nc1nc2ccccc2s1. The average molecular weight is 644 g/mol. The van der Waals surface area contributed by atoms with Crippen LogP contribution in [0.2, 0.25) is 0 Å². The van der Waals surface area contributed by atoms with Gasteiger partial charge in [0.25, 0.3) is 11.8 Å². The van der Waals surface area contributed by atoms with Crippen molar-refractivity contribution in [2.24, 2.45) is 0 Å². The fraction of sp³-hybridized carbons (Fsp3) is 0.0323. The highest BCUT2D eigenvalue weighted by molar-refractivity contribution is 9.10. The Morgan fingerprint density at radius 3 is 2.44 bits per heavy atom. The summed E-state index contributed by atoms with van der Waals surface area (Å²) in [6, 6.07) is 31.0. The van der Waals surface area contributed by atoms with E-state index in [0.717, 1.165) is 25.1 Å². The minimum Gasteiger partial charge on any atom is -0.321 e. The summed E-state index contributed by atoms with van der Waals surface area (Å²) < 4.78 is 1.85. The molecular weight excluding hydrogens is 620 g/mol. The van der Waals surface area contributed by atoms with Gasteiger partial charge in [-0.2, -0.15) is 0 Å². The number of fused-ring (bicyclic) bond motifs is 1. The molecule has 0 unspecified atom stereocenters. The van der Waals surface area contributed by atoms with Gasteiger partial charge in [-0.15, -0.1) is 11.8 Å². The summed E-state index contributed by atoms with van der Waals surface area (Å²) >= 11 is 6.20. The molecule has 5 aromatic rings. The molecule has 4 aromatic carbocycles. The number of carbonyl (C=O) groups is 3. The molecule has 1 aromatic heterocycles. The maximum absolute atomic E-state index is 13.3. The van der Waals surface area contributed by atoms with Crippen LogP contribution in [0.4, 0.5) is 10.8 Å². The van der Waals surface area contributed by atoms with E-state index in [-0.39, 0.29) is 17.4 Å². The topological polar surface area (TPSA) is 100 Å². The number of halogens is 1. The number of para-hydroxylation sites is 1. The molecule has 0 bridgehead atoms. The molecule has 41 heavy (non-hydrogen) atoms. The Bertz CT molecular complexity index is 1720. The lowest BCUT2D eigenvalue weighted by molar-refractivity contribution is -0.114. The molecule has 0 aliphatic rings. The summed E-state index contributed by atoms with van der Waals surface area (Å²) in [5.41, 5.74) is 2.63. The Hall–Kier alpha value is -4.25. The van der Waals surface area contributed by atoms with Gasteiger partial charge in [0.2, 0.25) is 5.91 Å². The van der Waals surface area contributed by atoms with E-state index < -0.39 is 11.8 Å². The second-order valence-electron chi connectivity index (χ2n) is 8.74. The quantitative estimate of drug-likeness (QED) is 0.117. The van der Waals surface area contributed by atoms with Gasteiger partial charge in [-0.3, -0.25) is 14.4 Å². The maximum atomic E-state index is 13.3. The van der Waals surface area contributed by atoms with Crippen LogP contribution in [0.5, 0.6) is 0 Å². The van der Waals surface area contributed by atoms with Crippen molar-refractivity contribution >= 4 is 83.9 Å². The molecular formula is C31H23BrN4O3S2. The number of benzene rings is 4. The van der Waals surface area contributed by atoms with Gasteiger partial charge in [0.05, 0.1) is 16.0 Å². The molecule has 1 heterocycles. The first-order chi connectivity index (χ1) is 19.9. The number of hydrogen-bond donors (Lipinski definition) is 3. The van der Waals surface area contributed by atoms with Crippen LogP contribution < -0.4 is 16.0 Å². The number of amides is 3. The van der Waals surface area contributed by atoms with Crippen molar-refractivity contribution < 1.29 is 14.4 Å². The van der Waals surface area contributed by atoms with Crippen LogP contribution in [0.3, 0.4) is 0 Å². The number of anilines is 2. The fourth-order valence-corrected chi connectivity index (χ4v) is 5.85. The van der Waals surface area contributed by atoms with Crippen molar-refractivity contribution in [1.29, 1.82) is 0 Å². The summed E-state index contributed by atoms with van der Waals surface area (Å²) in [5, 5.41) is 9.01. The third-order valence-corrected chi connectivity index (χ3v) is 8.13. The highest BCUT2D eigenvalue weighted by Crippen LogP contribution is 2.27. The van der Waals surface area contributed by atoms with Gasteiger partial charge in [0.1, 0.15) is 5.70 Å². The maximum Gasteiger partial charge on any atom is 0.272 e. The third kappa shape index (κ3) is 7.91. The number of nitrogens with one attached hydrogen (secondary N) is 3. The zero-order valence-corrected chi connectivity index (χ0v) is 24.7. The number of nitrogens with zero attached hydrogens (tertiary/aromatic N) is 1. The second-order valence-corrected chi connectivity index (χ2v) is 11.7. The lowest BCUT2D eigenvalue weighted by Gasteiger charge is -2.12. The second kappa shape index (κ2) is 13.4. The first-order valence-electron chi connectivity index (χ1n) is 12.5. The van der Waals surface area contributed by atoms with E-state index in [9.17, 15) is 14.4 Å². The predicted molar refractivity (Wildman–Crippen MR) is 170 cm³/mol. The zero-order chi connectivity index (χ0) is 28.6. The standard InChI is InChI=1S/C31H23BrN4O3S2/c32-22-11-6-8-20(16-22)17-26(34-29(38)21-9-2-1-3-10-21)30(39)33-23-12-7-13-24(18-23)40-19-28(37)36-31-35-25-14-4-5-15-27(25)41-31/h1-18H,19H2,(H,33,39)(H,34,38)(H,35,36,37)/b26-17+. The molecule has 3 amide bonds. The number of thiazole rings is 1. The molecule has 7 nitrogen and oxygen atoms in total. The Labute approximate surface area is 253 Å². The summed E-state index contributed by atoms with van der Waals surface area (Å²) in [6.45, 7) is 0. The zero-order valence-electron chi connectivity index (χ0n) is 21.5. The number of rotatable bonds is 9. The van der Waals surface area contributed by atoms with Crippen molar-refractivity contribution in [2.75, 3.05) is 16.4 Å². The lowest BCUT2D eigenvalue weighted by atomic mass is 10.1. The Morgan fingerprint density at radius 1 is 0.854 bits per heavy atom. The molecule has 0 saturated carbocycles. The van der Waals surface area contributed by atoms with Gasteiger partial charge < -0.3 is 16.0 Å². The molecule has 0 aliphatic heterocycles. The van der Waals surface area contributed by atoms with E-state index in [4.69, 9.17) is 0 Å². The first-order valence-corrected chi connectivity index (χ1v) is 15.1. The molecule has 0 atom stereocenters. The summed E-state index contributed by atoms with van der Waals surface area (Å²) in [4.78, 5) is 44.0. The van der Waals surface area contributed by atoms with Gasteiger partial charge in [0.15, 0.2) is 5.13 Å². The molecule has 0 aliphatic carbocycles. The average Bonchev–Trinajstić information content (AvgIpc) is 3.38. The van der Waals surface area contributed by atoms with E-state index in [0.29, 0.717) is 16.4 Å². The van der Waals surface area contributed by atoms with Gasteiger partial charge in [-0.1, -0.05) is 75.8 Å². The molecule has 0 fully saturated rings. The van der Waals surface area contributed by atoms with Gasteiger partial charge >= 0.3 is 0 Å². The van der Waals surface area contributed by atoms with Crippen molar-refractivity contribution in [2.45, 2.75) is 4.90 Å². The highest BCUT2D eigenvalue weighted by Gasteiger charge is 2.16. The molecule has 3 N–H and O–H groups in total.